The quantitative estimate of drug-likeness (QED) is 0.626. The highest BCUT2D eigenvalue weighted by atomic mass is 16.1. The minimum Gasteiger partial charge on any atom is -0.354 e. The summed E-state index contributed by atoms with van der Waals surface area (Å²) in [5.41, 5.74) is 0.0199. The van der Waals surface area contributed by atoms with Crippen LogP contribution >= 0.6 is 0 Å². The topological polar surface area (TPSA) is 45.8 Å². The molecule has 1 aromatic heterocycles. The fourth-order valence-electron chi connectivity index (χ4n) is 0.933. The van der Waals surface area contributed by atoms with Crippen LogP contribution in [0.2, 0.25) is 0 Å². The molecular weight excluding hydrogens is 152 g/mol. The second-order valence-corrected chi connectivity index (χ2v) is 2.53. The Morgan fingerprint density at radius 2 is 2.08 bits per heavy atom. The lowest BCUT2D eigenvalue weighted by Gasteiger charge is -2.01. The van der Waals surface area contributed by atoms with Gasteiger partial charge in [0.1, 0.15) is 0 Å². The van der Waals surface area contributed by atoms with Crippen molar-refractivity contribution in [2.45, 2.75) is 19.4 Å². The lowest BCUT2D eigenvalue weighted by atomic mass is 10.3. The first kappa shape index (κ1) is 8.54. The van der Waals surface area contributed by atoms with E-state index in [1.807, 2.05) is 4.57 Å². The SMILES string of the molecule is N#CCCCn1ccc(=O)cc1. The predicted octanol–water partition coefficient (Wildman–Crippen LogP) is 1.15. The molecule has 12 heavy (non-hydrogen) atoms. The fraction of sp³-hybridized carbons (Fsp3) is 0.333. The molecule has 0 aliphatic heterocycles. The lowest BCUT2D eigenvalue weighted by Crippen LogP contribution is -2.03. The van der Waals surface area contributed by atoms with Crippen molar-refractivity contribution in [1.29, 1.82) is 5.26 Å². The van der Waals surface area contributed by atoms with Crippen LogP contribution < -0.4 is 5.43 Å². The number of aryl methyl sites for hydroxylation is 1. The second kappa shape index (κ2) is 4.35. The van der Waals surface area contributed by atoms with Crippen LogP contribution in [0.3, 0.4) is 0 Å². The Kier molecular flexibility index (Phi) is 3.09. The Hall–Kier alpha value is -1.56. The monoisotopic (exact) mass is 162 g/mol. The Balaban J connectivity index is 2.49. The van der Waals surface area contributed by atoms with E-state index >= 15 is 0 Å². The standard InChI is InChI=1S/C9H10N2O/c10-5-1-2-6-11-7-3-9(12)4-8-11/h3-4,7-8H,1-2,6H2. The van der Waals surface area contributed by atoms with Gasteiger partial charge in [0.2, 0.25) is 0 Å². The van der Waals surface area contributed by atoms with Crippen LogP contribution in [0.5, 0.6) is 0 Å². The molecule has 0 amide bonds. The number of nitriles is 1. The molecule has 0 saturated heterocycles. The van der Waals surface area contributed by atoms with Crippen LogP contribution in [0.1, 0.15) is 12.8 Å². The van der Waals surface area contributed by atoms with Crippen LogP contribution in [0.4, 0.5) is 0 Å². The summed E-state index contributed by atoms with van der Waals surface area (Å²) in [6, 6.07) is 5.11. The molecule has 0 unspecified atom stereocenters. The van der Waals surface area contributed by atoms with Crippen LogP contribution in [-0.2, 0) is 6.54 Å². The van der Waals surface area contributed by atoms with E-state index in [-0.39, 0.29) is 5.43 Å². The molecule has 3 nitrogen and oxygen atoms in total. The molecule has 0 aliphatic rings. The maximum Gasteiger partial charge on any atom is 0.181 e. The summed E-state index contributed by atoms with van der Waals surface area (Å²) >= 11 is 0. The summed E-state index contributed by atoms with van der Waals surface area (Å²) in [4.78, 5) is 10.7. The summed E-state index contributed by atoms with van der Waals surface area (Å²) in [6.07, 6.45) is 4.87. The van der Waals surface area contributed by atoms with Crippen molar-refractivity contribution in [3.05, 3.63) is 34.7 Å². The Morgan fingerprint density at radius 1 is 1.42 bits per heavy atom. The van der Waals surface area contributed by atoms with Crippen molar-refractivity contribution in [2.24, 2.45) is 0 Å². The molecule has 0 saturated carbocycles. The highest BCUT2D eigenvalue weighted by molar-refractivity contribution is 4.93. The van der Waals surface area contributed by atoms with Crippen LogP contribution in [-0.4, -0.2) is 4.57 Å². The lowest BCUT2D eigenvalue weighted by molar-refractivity contribution is 0.648. The Morgan fingerprint density at radius 3 is 2.67 bits per heavy atom. The molecule has 0 fully saturated rings. The van der Waals surface area contributed by atoms with Crippen LogP contribution in [0.25, 0.3) is 0 Å². The van der Waals surface area contributed by atoms with Crippen molar-refractivity contribution in [3.8, 4) is 6.07 Å². The van der Waals surface area contributed by atoms with Gasteiger partial charge in [-0.2, -0.15) is 5.26 Å². The third-order valence-electron chi connectivity index (χ3n) is 1.57. The van der Waals surface area contributed by atoms with Crippen LogP contribution in [0.15, 0.2) is 29.3 Å². The van der Waals surface area contributed by atoms with Crippen LogP contribution in [0, 0.1) is 11.3 Å². The minimum atomic E-state index is 0.0199. The fourth-order valence-corrected chi connectivity index (χ4v) is 0.933. The van der Waals surface area contributed by atoms with E-state index in [9.17, 15) is 4.79 Å². The first-order valence-corrected chi connectivity index (χ1v) is 3.86. The van der Waals surface area contributed by atoms with E-state index in [4.69, 9.17) is 5.26 Å². The molecule has 1 rings (SSSR count). The third kappa shape index (κ3) is 2.59. The van der Waals surface area contributed by atoms with E-state index in [2.05, 4.69) is 6.07 Å². The molecular formula is C9H10N2O. The summed E-state index contributed by atoms with van der Waals surface area (Å²) in [5, 5.41) is 8.28. The maximum absolute atomic E-state index is 10.7. The number of rotatable bonds is 3. The van der Waals surface area contributed by atoms with Crippen molar-refractivity contribution in [3.63, 3.8) is 0 Å². The number of hydrogen-bond donors (Lipinski definition) is 0. The molecule has 0 aliphatic carbocycles. The number of aromatic nitrogens is 1. The largest absolute Gasteiger partial charge is 0.354 e. The normalized spacial score (nSPS) is 9.25. The molecule has 0 spiro atoms. The van der Waals surface area contributed by atoms with Crippen molar-refractivity contribution < 1.29 is 0 Å². The van der Waals surface area contributed by atoms with Crippen molar-refractivity contribution in [2.75, 3.05) is 0 Å². The first-order chi connectivity index (χ1) is 5.83. The molecule has 3 heteroatoms. The van der Waals surface area contributed by atoms with Gasteiger partial charge in [0, 0.05) is 37.5 Å². The van der Waals surface area contributed by atoms with E-state index in [0.717, 1.165) is 13.0 Å². The van der Waals surface area contributed by atoms with Gasteiger partial charge in [0.15, 0.2) is 5.43 Å². The van der Waals surface area contributed by atoms with Gasteiger partial charge < -0.3 is 4.57 Å². The zero-order valence-corrected chi connectivity index (χ0v) is 6.73. The van der Waals surface area contributed by atoms with E-state index < -0.39 is 0 Å². The molecule has 0 N–H and O–H groups in total. The first-order valence-electron chi connectivity index (χ1n) is 3.86. The van der Waals surface area contributed by atoms with Crippen molar-refractivity contribution in [1.82, 2.24) is 4.57 Å². The summed E-state index contributed by atoms with van der Waals surface area (Å²) in [7, 11) is 0. The van der Waals surface area contributed by atoms with E-state index in [0.29, 0.717) is 6.42 Å². The number of hydrogen-bond acceptors (Lipinski definition) is 2. The zero-order valence-electron chi connectivity index (χ0n) is 6.73. The van der Waals surface area contributed by atoms with Gasteiger partial charge in [0.25, 0.3) is 0 Å². The van der Waals surface area contributed by atoms with Gasteiger partial charge in [0.05, 0.1) is 6.07 Å². The van der Waals surface area contributed by atoms with Gasteiger partial charge >= 0.3 is 0 Å². The highest BCUT2D eigenvalue weighted by Crippen LogP contribution is 1.92. The molecule has 0 bridgehead atoms. The van der Waals surface area contributed by atoms with Gasteiger partial charge in [-0.3, -0.25) is 4.79 Å². The molecule has 0 atom stereocenters. The minimum absolute atomic E-state index is 0.0199. The molecule has 0 radical (unpaired) electrons. The zero-order chi connectivity index (χ0) is 8.81. The number of nitrogens with zero attached hydrogens (tertiary/aromatic N) is 2. The number of unbranched alkanes of at least 4 members (excludes halogenated alkanes) is 1. The number of pyridine rings is 1. The van der Waals surface area contributed by atoms with Gasteiger partial charge in [-0.1, -0.05) is 0 Å². The maximum atomic E-state index is 10.7. The summed E-state index contributed by atoms with van der Waals surface area (Å²) in [6.45, 7) is 0.799. The van der Waals surface area contributed by atoms with E-state index in [1.54, 1.807) is 12.4 Å². The average molecular weight is 162 g/mol. The molecule has 62 valence electrons. The average Bonchev–Trinajstić information content (AvgIpc) is 2.09. The second-order valence-electron chi connectivity index (χ2n) is 2.53. The van der Waals surface area contributed by atoms with Gasteiger partial charge in [-0.25, -0.2) is 0 Å². The third-order valence-corrected chi connectivity index (χ3v) is 1.57. The van der Waals surface area contributed by atoms with Crippen molar-refractivity contribution >= 4 is 0 Å². The molecule has 1 heterocycles. The van der Waals surface area contributed by atoms with Gasteiger partial charge in [-0.05, 0) is 6.42 Å². The summed E-state index contributed by atoms with van der Waals surface area (Å²) < 4.78 is 1.90. The summed E-state index contributed by atoms with van der Waals surface area (Å²) in [5.74, 6) is 0. The van der Waals surface area contributed by atoms with Gasteiger partial charge in [-0.15, -0.1) is 0 Å². The highest BCUT2D eigenvalue weighted by Gasteiger charge is 1.88. The Labute approximate surface area is 70.9 Å². The smallest absolute Gasteiger partial charge is 0.181 e. The Bertz CT molecular complexity index is 315. The predicted molar refractivity (Wildman–Crippen MR) is 45.5 cm³/mol. The van der Waals surface area contributed by atoms with E-state index in [1.165, 1.54) is 12.1 Å². The molecule has 0 aromatic carbocycles. The molecule has 1 aromatic rings.